The van der Waals surface area contributed by atoms with Crippen molar-refractivity contribution in [2.75, 3.05) is 7.11 Å². The fraction of sp³-hybridized carbons (Fsp3) is 0.176. The van der Waals surface area contributed by atoms with Gasteiger partial charge in [0.1, 0.15) is 12.3 Å². The first kappa shape index (κ1) is 15.3. The van der Waals surface area contributed by atoms with E-state index in [1.165, 1.54) is 15.9 Å². The average molecular weight is 328 g/mol. The first-order valence-electron chi connectivity index (χ1n) is 7.13. The van der Waals surface area contributed by atoms with E-state index in [0.29, 0.717) is 11.9 Å². The molecule has 0 aliphatic carbocycles. The Morgan fingerprint density at radius 1 is 1.22 bits per heavy atom. The molecule has 0 unspecified atom stereocenters. The van der Waals surface area contributed by atoms with E-state index < -0.39 is 0 Å². The number of amides is 1. The highest BCUT2D eigenvalue weighted by atomic mass is 32.1. The van der Waals surface area contributed by atoms with Crippen LogP contribution in [0.2, 0.25) is 0 Å². The van der Waals surface area contributed by atoms with Crippen LogP contribution < -0.4 is 15.6 Å². The second-order valence-corrected chi connectivity index (χ2v) is 6.02. The summed E-state index contributed by atoms with van der Waals surface area (Å²) in [7, 11) is 1.61. The quantitative estimate of drug-likeness (QED) is 0.782. The van der Waals surface area contributed by atoms with Gasteiger partial charge in [0, 0.05) is 17.4 Å². The molecule has 0 aliphatic heterocycles. The van der Waals surface area contributed by atoms with Gasteiger partial charge in [-0.2, -0.15) is 0 Å². The number of hydrogen-bond donors (Lipinski definition) is 1. The number of thiophene rings is 1. The van der Waals surface area contributed by atoms with Gasteiger partial charge in [-0.05, 0) is 35.2 Å². The number of nitrogens with one attached hydrogen (secondary N) is 1. The molecule has 0 fully saturated rings. The second kappa shape index (κ2) is 6.66. The molecule has 0 aliphatic rings. The molecule has 3 rings (SSSR count). The Bertz CT molecular complexity index is 881. The number of aromatic nitrogens is 1. The van der Waals surface area contributed by atoms with Crippen LogP contribution >= 0.6 is 11.3 Å². The number of hydrogen-bond acceptors (Lipinski definition) is 4. The molecule has 118 valence electrons. The summed E-state index contributed by atoms with van der Waals surface area (Å²) < 4.78 is 7.45. The number of carbonyl (C=O) groups is 1. The maximum absolute atomic E-state index is 12.2. The van der Waals surface area contributed by atoms with Crippen LogP contribution in [0.25, 0.3) is 10.1 Å². The molecular formula is C17H16N2O3S. The van der Waals surface area contributed by atoms with Gasteiger partial charge < -0.3 is 14.6 Å². The minimum Gasteiger partial charge on any atom is -0.497 e. The van der Waals surface area contributed by atoms with Gasteiger partial charge in [-0.25, -0.2) is 0 Å². The molecule has 5 nitrogen and oxygen atoms in total. The Labute approximate surface area is 137 Å². The van der Waals surface area contributed by atoms with Crippen LogP contribution in [0.5, 0.6) is 5.75 Å². The molecule has 0 spiro atoms. The molecule has 0 radical (unpaired) electrons. The monoisotopic (exact) mass is 328 g/mol. The van der Waals surface area contributed by atoms with Crippen LogP contribution in [0.3, 0.4) is 0 Å². The van der Waals surface area contributed by atoms with Crippen LogP contribution in [0, 0.1) is 0 Å². The van der Waals surface area contributed by atoms with Gasteiger partial charge in [0.05, 0.1) is 12.5 Å². The molecule has 1 amide bonds. The summed E-state index contributed by atoms with van der Waals surface area (Å²) in [6, 6.07) is 11.1. The van der Waals surface area contributed by atoms with Crippen molar-refractivity contribution >= 4 is 27.3 Å². The van der Waals surface area contributed by atoms with Gasteiger partial charge in [0.2, 0.25) is 5.91 Å². The number of ether oxygens (including phenoxy) is 1. The molecule has 0 saturated carbocycles. The normalized spacial score (nSPS) is 10.7. The molecule has 1 aromatic carbocycles. The highest BCUT2D eigenvalue weighted by molar-refractivity contribution is 7.17. The molecule has 0 saturated heterocycles. The first-order valence-corrected chi connectivity index (χ1v) is 8.01. The highest BCUT2D eigenvalue weighted by Crippen LogP contribution is 2.16. The number of carbonyl (C=O) groups excluding carboxylic acids is 1. The Balaban J connectivity index is 1.64. The van der Waals surface area contributed by atoms with E-state index >= 15 is 0 Å². The van der Waals surface area contributed by atoms with E-state index in [9.17, 15) is 9.59 Å². The molecule has 0 bridgehead atoms. The number of nitrogens with zero attached hydrogens (tertiary/aromatic N) is 1. The van der Waals surface area contributed by atoms with Crippen molar-refractivity contribution in [2.45, 2.75) is 13.1 Å². The van der Waals surface area contributed by atoms with Gasteiger partial charge in [-0.1, -0.05) is 12.1 Å². The standard InChI is InChI=1S/C17H16N2O3S/c1-22-13-4-2-12(3-5-13)10-18-16(20)11-19-8-6-15-14(17(19)21)7-9-23-15/h2-9H,10-11H2,1H3,(H,18,20). The second-order valence-electron chi connectivity index (χ2n) is 5.07. The van der Waals surface area contributed by atoms with Gasteiger partial charge in [0.25, 0.3) is 5.56 Å². The van der Waals surface area contributed by atoms with Crippen LogP contribution in [-0.4, -0.2) is 17.6 Å². The largest absolute Gasteiger partial charge is 0.497 e. The van der Waals surface area contributed by atoms with Crippen molar-refractivity contribution in [3.63, 3.8) is 0 Å². The molecule has 0 atom stereocenters. The van der Waals surface area contributed by atoms with Crippen molar-refractivity contribution < 1.29 is 9.53 Å². The summed E-state index contributed by atoms with van der Waals surface area (Å²) >= 11 is 1.52. The third-order valence-electron chi connectivity index (χ3n) is 3.55. The summed E-state index contributed by atoms with van der Waals surface area (Å²) in [6.07, 6.45) is 1.66. The molecule has 6 heteroatoms. The molecular weight excluding hydrogens is 312 g/mol. The van der Waals surface area contributed by atoms with Crippen LogP contribution in [0.4, 0.5) is 0 Å². The lowest BCUT2D eigenvalue weighted by molar-refractivity contribution is -0.121. The minimum atomic E-state index is -0.197. The molecule has 3 aromatic rings. The van der Waals surface area contributed by atoms with E-state index in [4.69, 9.17) is 4.74 Å². The van der Waals surface area contributed by atoms with Crippen molar-refractivity contribution in [1.29, 1.82) is 0 Å². The molecule has 2 heterocycles. The van der Waals surface area contributed by atoms with E-state index in [1.807, 2.05) is 35.7 Å². The Kier molecular flexibility index (Phi) is 4.43. The Hall–Kier alpha value is -2.60. The SMILES string of the molecule is COc1ccc(CNC(=O)Cn2ccc3sccc3c2=O)cc1. The number of fused-ring (bicyclic) bond motifs is 1. The lowest BCUT2D eigenvalue weighted by Crippen LogP contribution is -2.31. The Morgan fingerprint density at radius 2 is 2.00 bits per heavy atom. The third-order valence-corrected chi connectivity index (χ3v) is 4.44. The van der Waals surface area contributed by atoms with E-state index in [2.05, 4.69) is 5.32 Å². The highest BCUT2D eigenvalue weighted by Gasteiger charge is 2.07. The van der Waals surface area contributed by atoms with Crippen LogP contribution in [-0.2, 0) is 17.9 Å². The minimum absolute atomic E-state index is 0.0147. The summed E-state index contributed by atoms with van der Waals surface area (Å²) in [4.78, 5) is 24.3. The van der Waals surface area contributed by atoms with Crippen molar-refractivity contribution in [3.8, 4) is 5.75 Å². The topological polar surface area (TPSA) is 60.3 Å². The van der Waals surface area contributed by atoms with Gasteiger partial charge in [-0.3, -0.25) is 9.59 Å². The van der Waals surface area contributed by atoms with Crippen molar-refractivity contribution in [3.05, 3.63) is 63.9 Å². The zero-order valence-corrected chi connectivity index (χ0v) is 13.4. The maximum atomic E-state index is 12.2. The van der Waals surface area contributed by atoms with E-state index in [0.717, 1.165) is 16.0 Å². The fourth-order valence-corrected chi connectivity index (χ4v) is 3.06. The molecule has 23 heavy (non-hydrogen) atoms. The number of methoxy groups -OCH3 is 1. The summed E-state index contributed by atoms with van der Waals surface area (Å²) in [6.45, 7) is 0.430. The maximum Gasteiger partial charge on any atom is 0.259 e. The molecule has 1 N–H and O–H groups in total. The van der Waals surface area contributed by atoms with E-state index in [-0.39, 0.29) is 18.0 Å². The smallest absolute Gasteiger partial charge is 0.259 e. The van der Waals surface area contributed by atoms with E-state index in [1.54, 1.807) is 19.4 Å². The fourth-order valence-electron chi connectivity index (χ4n) is 2.29. The van der Waals surface area contributed by atoms with Crippen LogP contribution in [0.15, 0.2) is 52.8 Å². The summed E-state index contributed by atoms with van der Waals surface area (Å²) in [5.74, 6) is 0.577. The van der Waals surface area contributed by atoms with Gasteiger partial charge in [0.15, 0.2) is 0 Å². The Morgan fingerprint density at radius 3 is 2.74 bits per heavy atom. The van der Waals surface area contributed by atoms with Gasteiger partial charge in [-0.15, -0.1) is 11.3 Å². The molecule has 2 aromatic heterocycles. The van der Waals surface area contributed by atoms with Crippen LogP contribution in [0.1, 0.15) is 5.56 Å². The number of rotatable bonds is 5. The van der Waals surface area contributed by atoms with Crippen molar-refractivity contribution in [2.24, 2.45) is 0 Å². The zero-order chi connectivity index (χ0) is 16.2. The zero-order valence-electron chi connectivity index (χ0n) is 12.6. The number of pyridine rings is 1. The first-order chi connectivity index (χ1) is 11.2. The predicted molar refractivity (Wildman–Crippen MR) is 90.9 cm³/mol. The predicted octanol–water partition coefficient (Wildman–Crippen LogP) is 2.39. The van der Waals surface area contributed by atoms with Gasteiger partial charge >= 0.3 is 0 Å². The lowest BCUT2D eigenvalue weighted by Gasteiger charge is -2.08. The lowest BCUT2D eigenvalue weighted by atomic mass is 10.2. The third kappa shape index (κ3) is 3.43. The number of benzene rings is 1. The van der Waals surface area contributed by atoms with Crippen molar-refractivity contribution in [1.82, 2.24) is 9.88 Å². The average Bonchev–Trinajstić information content (AvgIpc) is 3.05. The summed E-state index contributed by atoms with van der Waals surface area (Å²) in [5, 5.41) is 5.35. The summed E-state index contributed by atoms with van der Waals surface area (Å²) in [5.41, 5.74) is 0.836.